The lowest BCUT2D eigenvalue weighted by Crippen LogP contribution is -2.32. The number of carbonyl (C=O) groups excluding carboxylic acids is 1. The van der Waals surface area contributed by atoms with Gasteiger partial charge in [-0.25, -0.2) is 4.98 Å². The second kappa shape index (κ2) is 7.37. The fourth-order valence-corrected chi connectivity index (χ4v) is 3.65. The molecule has 6 heteroatoms. The monoisotopic (exact) mass is 362 g/mol. The van der Waals surface area contributed by atoms with E-state index in [2.05, 4.69) is 21.3 Å². The molecule has 4 rings (SSSR count). The van der Waals surface area contributed by atoms with Crippen LogP contribution < -0.4 is 10.2 Å². The molecule has 0 spiro atoms. The summed E-state index contributed by atoms with van der Waals surface area (Å²) in [6.07, 6.45) is 5.53. The Morgan fingerprint density at radius 2 is 2.07 bits per heavy atom. The second-order valence-electron chi connectivity index (χ2n) is 7.21. The highest BCUT2D eigenvalue weighted by Crippen LogP contribution is 2.33. The predicted molar refractivity (Wildman–Crippen MR) is 103 cm³/mol. The summed E-state index contributed by atoms with van der Waals surface area (Å²) in [6.45, 7) is 0.951. The van der Waals surface area contributed by atoms with Crippen LogP contribution in [0.3, 0.4) is 0 Å². The molecule has 2 aromatic rings. The molecule has 2 heterocycles. The van der Waals surface area contributed by atoms with Crippen LogP contribution in [0, 0.1) is 17.2 Å². The van der Waals surface area contributed by atoms with Gasteiger partial charge in [-0.3, -0.25) is 4.79 Å². The van der Waals surface area contributed by atoms with Gasteiger partial charge in [0.1, 0.15) is 11.9 Å². The summed E-state index contributed by atoms with van der Waals surface area (Å²) in [5, 5.41) is 22.1. The fraction of sp³-hybridized carbons (Fsp3) is 0.381. The molecule has 1 aliphatic carbocycles. The Kier molecular flexibility index (Phi) is 4.78. The first-order chi connectivity index (χ1) is 13.2. The number of nitrogens with one attached hydrogen (secondary N) is 1. The van der Waals surface area contributed by atoms with Gasteiger partial charge in [0.05, 0.1) is 23.9 Å². The van der Waals surface area contributed by atoms with E-state index in [1.54, 1.807) is 6.20 Å². The van der Waals surface area contributed by atoms with E-state index in [1.165, 1.54) is 0 Å². The lowest BCUT2D eigenvalue weighted by Gasteiger charge is -2.26. The van der Waals surface area contributed by atoms with Gasteiger partial charge in [-0.15, -0.1) is 0 Å². The number of aliphatic hydroxyl groups excluding tert-OH is 1. The minimum Gasteiger partial charge on any atom is -0.394 e. The van der Waals surface area contributed by atoms with Crippen molar-refractivity contribution < 1.29 is 9.90 Å². The van der Waals surface area contributed by atoms with E-state index in [9.17, 15) is 15.2 Å². The fourth-order valence-electron chi connectivity index (χ4n) is 3.65. The average molecular weight is 362 g/mol. The van der Waals surface area contributed by atoms with E-state index < -0.39 is 0 Å². The maximum absolute atomic E-state index is 12.0. The van der Waals surface area contributed by atoms with Gasteiger partial charge in [-0.05, 0) is 61.1 Å². The Hall–Kier alpha value is -2.91. The number of pyridine rings is 1. The second-order valence-corrected chi connectivity index (χ2v) is 7.21. The molecule has 27 heavy (non-hydrogen) atoms. The molecular weight excluding hydrogens is 340 g/mol. The molecular formula is C21H22N4O2. The molecule has 0 radical (unpaired) electrons. The Balaban J connectivity index is 1.61. The van der Waals surface area contributed by atoms with Crippen molar-refractivity contribution in [1.82, 2.24) is 4.98 Å². The zero-order valence-corrected chi connectivity index (χ0v) is 15.1. The summed E-state index contributed by atoms with van der Waals surface area (Å²) in [5.74, 6) is 0.684. The van der Waals surface area contributed by atoms with Crippen LogP contribution in [0.25, 0.3) is 11.1 Å². The van der Waals surface area contributed by atoms with Crippen molar-refractivity contribution in [3.05, 3.63) is 42.1 Å². The number of anilines is 2. The standard InChI is InChI=1S/C21H22N4O2/c22-12-17-10-15(5-6-19(17)25-9-1-2-18(25)13-26)16-7-8-23-20(11-16)24-21(27)14-3-4-14/h5-8,10-11,14,18,26H,1-4,9,13H2,(H,23,24,27). The number of hydrogen-bond donors (Lipinski definition) is 2. The lowest BCUT2D eigenvalue weighted by molar-refractivity contribution is -0.117. The molecule has 1 atom stereocenters. The van der Waals surface area contributed by atoms with Gasteiger partial charge in [0.25, 0.3) is 0 Å². The van der Waals surface area contributed by atoms with Crippen LogP contribution in [0.4, 0.5) is 11.5 Å². The highest BCUT2D eigenvalue weighted by Gasteiger charge is 2.30. The Morgan fingerprint density at radius 1 is 1.26 bits per heavy atom. The van der Waals surface area contributed by atoms with E-state index in [4.69, 9.17) is 0 Å². The smallest absolute Gasteiger partial charge is 0.228 e. The van der Waals surface area contributed by atoms with Crippen LogP contribution >= 0.6 is 0 Å². The van der Waals surface area contributed by atoms with Crippen LogP contribution in [-0.4, -0.2) is 35.2 Å². The van der Waals surface area contributed by atoms with Crippen molar-refractivity contribution in [1.29, 1.82) is 5.26 Å². The minimum atomic E-state index is 0.0248. The predicted octanol–water partition coefficient (Wildman–Crippen LogP) is 2.93. The molecule has 1 aromatic carbocycles. The van der Waals surface area contributed by atoms with Crippen LogP contribution in [0.15, 0.2) is 36.5 Å². The highest BCUT2D eigenvalue weighted by molar-refractivity contribution is 5.93. The van der Waals surface area contributed by atoms with Gasteiger partial charge in [-0.1, -0.05) is 6.07 Å². The molecule has 1 amide bonds. The highest BCUT2D eigenvalue weighted by atomic mass is 16.3. The van der Waals surface area contributed by atoms with Crippen molar-refractivity contribution in [2.24, 2.45) is 5.92 Å². The van der Waals surface area contributed by atoms with E-state index in [1.807, 2.05) is 30.3 Å². The summed E-state index contributed by atoms with van der Waals surface area (Å²) in [4.78, 5) is 18.3. The molecule has 1 saturated heterocycles. The van der Waals surface area contributed by atoms with Crippen molar-refractivity contribution in [3.63, 3.8) is 0 Å². The summed E-state index contributed by atoms with van der Waals surface area (Å²) >= 11 is 0. The van der Waals surface area contributed by atoms with E-state index in [0.717, 1.165) is 49.0 Å². The van der Waals surface area contributed by atoms with Crippen molar-refractivity contribution in [2.75, 3.05) is 23.4 Å². The van der Waals surface area contributed by atoms with E-state index in [0.29, 0.717) is 11.4 Å². The topological polar surface area (TPSA) is 89.2 Å². The quantitative estimate of drug-likeness (QED) is 0.854. The maximum Gasteiger partial charge on any atom is 0.228 e. The number of aromatic nitrogens is 1. The third-order valence-corrected chi connectivity index (χ3v) is 5.31. The molecule has 1 aromatic heterocycles. The number of benzene rings is 1. The van der Waals surface area contributed by atoms with Crippen molar-refractivity contribution in [2.45, 2.75) is 31.7 Å². The Bertz CT molecular complexity index is 901. The van der Waals surface area contributed by atoms with Gasteiger partial charge in [0.15, 0.2) is 0 Å². The molecule has 1 saturated carbocycles. The SMILES string of the molecule is N#Cc1cc(-c2ccnc(NC(=O)C3CC3)c2)ccc1N1CCCC1CO. The number of nitriles is 1. The van der Waals surface area contributed by atoms with Crippen molar-refractivity contribution in [3.8, 4) is 17.2 Å². The molecule has 2 N–H and O–H groups in total. The number of nitrogens with zero attached hydrogens (tertiary/aromatic N) is 3. The molecule has 2 fully saturated rings. The van der Waals surface area contributed by atoms with Gasteiger partial charge < -0.3 is 15.3 Å². The summed E-state index contributed by atoms with van der Waals surface area (Å²) in [7, 11) is 0. The normalized spacial score (nSPS) is 19.0. The van der Waals surface area contributed by atoms with Crippen LogP contribution in [0.1, 0.15) is 31.2 Å². The third-order valence-electron chi connectivity index (χ3n) is 5.31. The molecule has 6 nitrogen and oxygen atoms in total. The minimum absolute atomic E-state index is 0.0248. The zero-order valence-electron chi connectivity index (χ0n) is 15.1. The third kappa shape index (κ3) is 3.64. The first-order valence-electron chi connectivity index (χ1n) is 9.38. The largest absolute Gasteiger partial charge is 0.394 e. The summed E-state index contributed by atoms with van der Waals surface area (Å²) < 4.78 is 0. The number of aliphatic hydroxyl groups is 1. The summed E-state index contributed by atoms with van der Waals surface area (Å²) in [6, 6.07) is 11.9. The lowest BCUT2D eigenvalue weighted by atomic mass is 10.0. The van der Waals surface area contributed by atoms with Crippen molar-refractivity contribution >= 4 is 17.4 Å². The van der Waals surface area contributed by atoms with E-state index >= 15 is 0 Å². The number of amides is 1. The molecule has 0 bridgehead atoms. The Labute approximate surface area is 158 Å². The molecule has 1 aliphatic heterocycles. The number of carbonyl (C=O) groups is 1. The molecule has 1 unspecified atom stereocenters. The maximum atomic E-state index is 12.0. The van der Waals surface area contributed by atoms with Crippen LogP contribution in [-0.2, 0) is 4.79 Å². The van der Waals surface area contributed by atoms with Crippen LogP contribution in [0.5, 0.6) is 0 Å². The zero-order chi connectivity index (χ0) is 18.8. The van der Waals surface area contributed by atoms with Gasteiger partial charge in [-0.2, -0.15) is 5.26 Å². The first kappa shape index (κ1) is 17.5. The molecule has 138 valence electrons. The van der Waals surface area contributed by atoms with Gasteiger partial charge in [0.2, 0.25) is 5.91 Å². The number of hydrogen-bond acceptors (Lipinski definition) is 5. The van der Waals surface area contributed by atoms with Crippen LogP contribution in [0.2, 0.25) is 0 Å². The summed E-state index contributed by atoms with van der Waals surface area (Å²) in [5.41, 5.74) is 3.26. The van der Waals surface area contributed by atoms with Gasteiger partial charge in [0, 0.05) is 18.7 Å². The first-order valence-corrected chi connectivity index (χ1v) is 9.38. The Morgan fingerprint density at radius 3 is 2.81 bits per heavy atom. The van der Waals surface area contributed by atoms with Gasteiger partial charge >= 0.3 is 0 Å². The molecule has 2 aliphatic rings. The van der Waals surface area contributed by atoms with E-state index in [-0.39, 0.29) is 24.5 Å². The number of rotatable bonds is 5. The average Bonchev–Trinajstić information content (AvgIpc) is 3.45.